The van der Waals surface area contributed by atoms with E-state index in [1.165, 1.54) is 0 Å². The lowest BCUT2D eigenvalue weighted by atomic mass is 9.94. The van der Waals surface area contributed by atoms with E-state index in [1.807, 2.05) is 25.7 Å². The van der Waals surface area contributed by atoms with Gasteiger partial charge in [-0.2, -0.15) is 0 Å². The van der Waals surface area contributed by atoms with E-state index in [0.717, 1.165) is 17.7 Å². The van der Waals surface area contributed by atoms with Crippen LogP contribution in [-0.2, 0) is 4.79 Å². The second-order valence-electron chi connectivity index (χ2n) is 6.97. The second-order valence-corrected chi connectivity index (χ2v) is 7.36. The monoisotopic (exact) mass is 430 g/mol. The molecule has 0 radical (unpaired) electrons. The van der Waals surface area contributed by atoms with Crippen LogP contribution in [0.5, 0.6) is 11.5 Å². The van der Waals surface area contributed by atoms with Crippen molar-refractivity contribution in [3.63, 3.8) is 0 Å². The molecule has 160 valence electrons. The Labute approximate surface area is 180 Å². The molecule has 2 aromatic rings. The first-order valence-corrected chi connectivity index (χ1v) is 10.3. The Kier molecular flexibility index (Phi) is 6.61. The van der Waals surface area contributed by atoms with Crippen LogP contribution in [0, 0.1) is 6.92 Å². The summed E-state index contributed by atoms with van der Waals surface area (Å²) in [7, 11) is 0. The molecule has 0 spiro atoms. The van der Waals surface area contributed by atoms with Gasteiger partial charge in [-0.05, 0) is 57.1 Å². The zero-order valence-electron chi connectivity index (χ0n) is 17.5. The van der Waals surface area contributed by atoms with Gasteiger partial charge in [0.05, 0.1) is 18.2 Å². The zero-order valence-corrected chi connectivity index (χ0v) is 18.3. The molecule has 1 aliphatic heterocycles. The molecule has 2 heterocycles. The van der Waals surface area contributed by atoms with Crippen molar-refractivity contribution in [3.8, 4) is 11.5 Å². The molecule has 9 heteroatoms. The molecule has 3 N–H and O–H groups in total. The number of aromatic hydroxyl groups is 1. The van der Waals surface area contributed by atoms with Crippen LogP contribution in [0.2, 0.25) is 0 Å². The first kappa shape index (κ1) is 21.6. The van der Waals surface area contributed by atoms with Gasteiger partial charge in [-0.15, -0.1) is 0 Å². The Morgan fingerprint density at radius 3 is 2.77 bits per heavy atom. The minimum Gasteiger partial charge on any atom is -0.504 e. The van der Waals surface area contributed by atoms with Crippen LogP contribution < -0.4 is 15.4 Å². The van der Waals surface area contributed by atoms with Crippen LogP contribution in [0.3, 0.4) is 0 Å². The van der Waals surface area contributed by atoms with Gasteiger partial charge in [-0.3, -0.25) is 4.79 Å². The number of rotatable bonds is 7. The number of phenolic OH excluding ortho intramolecular Hbond substituents is 1. The van der Waals surface area contributed by atoms with Gasteiger partial charge in [-0.1, -0.05) is 18.1 Å². The molecule has 0 saturated heterocycles. The largest absolute Gasteiger partial charge is 0.504 e. The summed E-state index contributed by atoms with van der Waals surface area (Å²) < 4.78 is 10.6. The topological polar surface area (TPSA) is 99.9 Å². The summed E-state index contributed by atoms with van der Waals surface area (Å²) in [6, 6.07) is 6.15. The number of aryl methyl sites for hydroxylation is 1. The van der Waals surface area contributed by atoms with E-state index in [2.05, 4.69) is 15.8 Å². The normalized spacial score (nSPS) is 16.5. The molecule has 1 aromatic carbocycles. The van der Waals surface area contributed by atoms with E-state index in [4.69, 9.17) is 21.5 Å². The first-order valence-electron chi connectivity index (χ1n) is 9.84. The predicted octanol–water partition coefficient (Wildman–Crippen LogP) is 3.64. The summed E-state index contributed by atoms with van der Waals surface area (Å²) in [5, 5.41) is 20.5. The molecule has 8 nitrogen and oxygen atoms in total. The Balaban J connectivity index is 2.04. The molecule has 3 rings (SSSR count). The van der Waals surface area contributed by atoms with Crippen LogP contribution in [-0.4, -0.2) is 39.3 Å². The minimum absolute atomic E-state index is 0.0383. The molecular formula is C21H26N4O4S. The summed E-state index contributed by atoms with van der Waals surface area (Å²) in [6.45, 7) is 8.61. The number of carbonyl (C=O) groups excluding carboxylic acids is 1. The fourth-order valence-electron chi connectivity index (χ4n) is 3.41. The Hall–Kier alpha value is -3.07. The Morgan fingerprint density at radius 1 is 1.37 bits per heavy atom. The third-order valence-electron chi connectivity index (χ3n) is 4.77. The molecule has 1 aliphatic rings. The van der Waals surface area contributed by atoms with E-state index in [9.17, 15) is 9.90 Å². The van der Waals surface area contributed by atoms with Crippen molar-refractivity contribution >= 4 is 29.1 Å². The van der Waals surface area contributed by atoms with Gasteiger partial charge < -0.3 is 29.9 Å². The number of nitrogens with one attached hydrogen (secondary N) is 2. The van der Waals surface area contributed by atoms with Gasteiger partial charge in [0.15, 0.2) is 22.4 Å². The summed E-state index contributed by atoms with van der Waals surface area (Å²) in [6.07, 6.45) is 0.870. The van der Waals surface area contributed by atoms with Crippen LogP contribution in [0.1, 0.15) is 44.6 Å². The van der Waals surface area contributed by atoms with Crippen molar-refractivity contribution in [3.05, 3.63) is 46.9 Å². The zero-order chi connectivity index (χ0) is 21.8. The number of allylic oxidation sites excluding steroid dienone is 1. The van der Waals surface area contributed by atoms with Crippen LogP contribution in [0.4, 0.5) is 5.82 Å². The number of ether oxygens (including phenoxy) is 1. The van der Waals surface area contributed by atoms with Crippen LogP contribution in [0.15, 0.2) is 40.1 Å². The van der Waals surface area contributed by atoms with Crippen molar-refractivity contribution in [1.29, 1.82) is 0 Å². The van der Waals surface area contributed by atoms with Gasteiger partial charge >= 0.3 is 0 Å². The number of nitrogens with zero attached hydrogens (tertiary/aromatic N) is 2. The highest BCUT2D eigenvalue weighted by Crippen LogP contribution is 2.36. The number of amides is 1. The highest BCUT2D eigenvalue weighted by Gasteiger charge is 2.34. The SMILES string of the molecule is CCCN1C(=S)NC(c2ccc(O)c(OCC)c2)C(C(=O)Nc2cc(C)on2)=C1C. The van der Waals surface area contributed by atoms with Crippen LogP contribution in [0.25, 0.3) is 0 Å². The van der Waals surface area contributed by atoms with E-state index in [-0.39, 0.29) is 11.7 Å². The van der Waals surface area contributed by atoms with E-state index < -0.39 is 6.04 Å². The third kappa shape index (κ3) is 4.40. The molecule has 1 aromatic heterocycles. The fourth-order valence-corrected chi connectivity index (χ4v) is 3.75. The summed E-state index contributed by atoms with van der Waals surface area (Å²) in [5.74, 6) is 1.02. The maximum Gasteiger partial charge on any atom is 0.257 e. The third-order valence-corrected chi connectivity index (χ3v) is 5.11. The molecule has 30 heavy (non-hydrogen) atoms. The lowest BCUT2D eigenvalue weighted by molar-refractivity contribution is -0.113. The molecule has 1 amide bonds. The van der Waals surface area contributed by atoms with Crippen molar-refractivity contribution < 1.29 is 19.2 Å². The van der Waals surface area contributed by atoms with Gasteiger partial charge in [0, 0.05) is 18.3 Å². The Bertz CT molecular complexity index is 985. The number of hydrogen-bond donors (Lipinski definition) is 3. The van der Waals surface area contributed by atoms with Crippen molar-refractivity contribution in [2.45, 2.75) is 40.2 Å². The summed E-state index contributed by atoms with van der Waals surface area (Å²) >= 11 is 5.57. The number of anilines is 1. The van der Waals surface area contributed by atoms with Gasteiger partial charge in [0.2, 0.25) is 0 Å². The predicted molar refractivity (Wildman–Crippen MR) is 117 cm³/mol. The number of phenols is 1. The fraction of sp³-hybridized carbons (Fsp3) is 0.381. The maximum absolute atomic E-state index is 13.3. The lowest BCUT2D eigenvalue weighted by Crippen LogP contribution is -2.48. The number of benzene rings is 1. The first-order chi connectivity index (χ1) is 14.3. The molecule has 0 saturated carbocycles. The minimum atomic E-state index is -0.515. The quantitative estimate of drug-likeness (QED) is 0.573. The van der Waals surface area contributed by atoms with Gasteiger partial charge in [0.1, 0.15) is 5.76 Å². The van der Waals surface area contributed by atoms with E-state index in [0.29, 0.717) is 41.2 Å². The number of carbonyl (C=O) groups is 1. The molecule has 0 aliphatic carbocycles. The second kappa shape index (κ2) is 9.17. The highest BCUT2D eigenvalue weighted by atomic mass is 32.1. The smallest absolute Gasteiger partial charge is 0.257 e. The summed E-state index contributed by atoms with van der Waals surface area (Å²) in [5.41, 5.74) is 2.01. The molecule has 0 bridgehead atoms. The Morgan fingerprint density at radius 2 is 2.13 bits per heavy atom. The van der Waals surface area contributed by atoms with Gasteiger partial charge in [-0.25, -0.2) is 0 Å². The van der Waals surface area contributed by atoms with Gasteiger partial charge in [0.25, 0.3) is 5.91 Å². The van der Waals surface area contributed by atoms with Crippen LogP contribution >= 0.6 is 12.2 Å². The standard InChI is InChI=1S/C21H26N4O4S/c1-5-9-25-13(4)18(20(27)22-17-10-12(3)29-24-17)19(23-21(25)30)14-7-8-15(26)16(11-14)28-6-2/h7-8,10-11,19,26H,5-6,9H2,1-4H3,(H,23,30)(H,22,24,27). The average molecular weight is 431 g/mol. The maximum atomic E-state index is 13.3. The van der Waals surface area contributed by atoms with Crippen molar-refractivity contribution in [2.75, 3.05) is 18.5 Å². The highest BCUT2D eigenvalue weighted by molar-refractivity contribution is 7.80. The number of thiocarbonyl (C=S) groups is 1. The van der Waals surface area contributed by atoms with Crippen molar-refractivity contribution in [2.24, 2.45) is 0 Å². The van der Waals surface area contributed by atoms with E-state index in [1.54, 1.807) is 31.2 Å². The number of hydrogen-bond acceptors (Lipinski definition) is 6. The van der Waals surface area contributed by atoms with Crippen molar-refractivity contribution in [1.82, 2.24) is 15.4 Å². The number of aromatic nitrogens is 1. The molecule has 1 atom stereocenters. The molecule has 1 unspecified atom stereocenters. The lowest BCUT2D eigenvalue weighted by Gasteiger charge is -2.37. The molecule has 0 fully saturated rings. The average Bonchev–Trinajstić information content (AvgIpc) is 3.11. The van der Waals surface area contributed by atoms with E-state index >= 15 is 0 Å². The summed E-state index contributed by atoms with van der Waals surface area (Å²) in [4.78, 5) is 15.2. The molecular weight excluding hydrogens is 404 g/mol.